The molecule has 0 saturated heterocycles. The van der Waals surface area contributed by atoms with Crippen molar-refractivity contribution < 1.29 is 0 Å². The van der Waals surface area contributed by atoms with E-state index in [-0.39, 0.29) is 0 Å². The van der Waals surface area contributed by atoms with E-state index in [9.17, 15) is 0 Å². The van der Waals surface area contributed by atoms with Gasteiger partial charge in [-0.25, -0.2) is 0 Å². The van der Waals surface area contributed by atoms with Crippen LogP contribution in [0.1, 0.15) is 5.56 Å². The molecule has 0 aromatic carbocycles. The van der Waals surface area contributed by atoms with Crippen molar-refractivity contribution in [1.82, 2.24) is 9.78 Å². The molecule has 2 aromatic heterocycles. The molecule has 0 amide bonds. The number of hydrogen-bond acceptors (Lipinski definition) is 2. The Morgan fingerprint density at radius 2 is 2.38 bits per heavy atom. The van der Waals surface area contributed by atoms with Crippen molar-refractivity contribution >= 4 is 27.3 Å². The molecule has 0 atom stereocenters. The summed E-state index contributed by atoms with van der Waals surface area (Å²) in [6.45, 7) is 0.947. The summed E-state index contributed by atoms with van der Waals surface area (Å²) in [4.78, 5) is 0. The third-order valence-corrected chi connectivity index (χ3v) is 2.97. The summed E-state index contributed by atoms with van der Waals surface area (Å²) in [5, 5.41) is 8.53. The predicted molar refractivity (Wildman–Crippen MR) is 58.0 cm³/mol. The molecule has 0 bridgehead atoms. The number of rotatable bonds is 3. The monoisotopic (exact) mass is 256 g/mol. The molecule has 0 N–H and O–H groups in total. The summed E-state index contributed by atoms with van der Waals surface area (Å²) in [6.07, 6.45) is 3.04. The summed E-state index contributed by atoms with van der Waals surface area (Å²) in [7, 11) is 0. The van der Waals surface area contributed by atoms with Gasteiger partial charge in [0, 0.05) is 12.7 Å². The van der Waals surface area contributed by atoms with Crippen molar-refractivity contribution in [3.05, 3.63) is 39.3 Å². The second-order valence-corrected chi connectivity index (χ2v) is 4.38. The first kappa shape index (κ1) is 8.97. The van der Waals surface area contributed by atoms with Gasteiger partial charge < -0.3 is 0 Å². The SMILES string of the molecule is Brc1ccn(CCc2ccsc2)n1. The number of thiophene rings is 1. The summed E-state index contributed by atoms with van der Waals surface area (Å²) < 4.78 is 2.85. The molecule has 4 heteroatoms. The van der Waals surface area contributed by atoms with E-state index < -0.39 is 0 Å². The zero-order valence-electron chi connectivity index (χ0n) is 6.98. The quantitative estimate of drug-likeness (QED) is 0.826. The minimum atomic E-state index is 0.901. The standard InChI is InChI=1S/C9H9BrN2S/c10-9-2-5-12(11-9)4-1-8-3-6-13-7-8/h2-3,5-7H,1,4H2. The zero-order valence-corrected chi connectivity index (χ0v) is 9.38. The highest BCUT2D eigenvalue weighted by atomic mass is 79.9. The van der Waals surface area contributed by atoms with Crippen LogP contribution in [0.5, 0.6) is 0 Å². The first-order valence-electron chi connectivity index (χ1n) is 4.04. The van der Waals surface area contributed by atoms with Gasteiger partial charge in [-0.3, -0.25) is 4.68 Å². The number of halogens is 1. The van der Waals surface area contributed by atoms with Gasteiger partial charge in [-0.15, -0.1) is 0 Å². The number of aromatic nitrogens is 2. The van der Waals surface area contributed by atoms with Gasteiger partial charge in [0.25, 0.3) is 0 Å². The second-order valence-electron chi connectivity index (χ2n) is 2.78. The van der Waals surface area contributed by atoms with Crippen LogP contribution in [0.15, 0.2) is 33.7 Å². The van der Waals surface area contributed by atoms with E-state index in [0.717, 1.165) is 17.6 Å². The molecule has 0 aliphatic carbocycles. The van der Waals surface area contributed by atoms with E-state index in [4.69, 9.17) is 0 Å². The summed E-state index contributed by atoms with van der Waals surface area (Å²) in [5.41, 5.74) is 1.39. The summed E-state index contributed by atoms with van der Waals surface area (Å²) >= 11 is 5.06. The highest BCUT2D eigenvalue weighted by Gasteiger charge is 1.96. The van der Waals surface area contributed by atoms with E-state index in [2.05, 4.69) is 37.9 Å². The van der Waals surface area contributed by atoms with Crippen LogP contribution < -0.4 is 0 Å². The van der Waals surface area contributed by atoms with E-state index in [1.54, 1.807) is 11.3 Å². The molecule has 2 aromatic rings. The van der Waals surface area contributed by atoms with E-state index in [0.29, 0.717) is 0 Å². The van der Waals surface area contributed by atoms with Gasteiger partial charge in [-0.05, 0) is 50.8 Å². The first-order valence-corrected chi connectivity index (χ1v) is 5.78. The Labute approximate surface area is 89.3 Å². The van der Waals surface area contributed by atoms with Gasteiger partial charge in [-0.1, -0.05) is 0 Å². The molecule has 0 spiro atoms. The smallest absolute Gasteiger partial charge is 0.128 e. The van der Waals surface area contributed by atoms with Gasteiger partial charge >= 0.3 is 0 Å². The highest BCUT2D eigenvalue weighted by Crippen LogP contribution is 2.09. The minimum Gasteiger partial charge on any atom is -0.271 e. The van der Waals surface area contributed by atoms with Crippen LogP contribution in [-0.2, 0) is 13.0 Å². The fourth-order valence-corrected chi connectivity index (χ4v) is 2.17. The number of hydrogen-bond donors (Lipinski definition) is 0. The maximum Gasteiger partial charge on any atom is 0.128 e. The Bertz CT molecular complexity index is 367. The van der Waals surface area contributed by atoms with Gasteiger partial charge in [-0.2, -0.15) is 16.4 Å². The third kappa shape index (κ3) is 2.42. The molecular weight excluding hydrogens is 248 g/mol. The van der Waals surface area contributed by atoms with E-state index in [1.165, 1.54) is 5.56 Å². The number of nitrogens with zero attached hydrogens (tertiary/aromatic N) is 2. The molecule has 68 valence electrons. The van der Waals surface area contributed by atoms with Crippen LogP contribution in [0.3, 0.4) is 0 Å². The zero-order chi connectivity index (χ0) is 9.10. The maximum absolute atomic E-state index is 4.25. The van der Waals surface area contributed by atoms with E-state index >= 15 is 0 Å². The minimum absolute atomic E-state index is 0.901. The van der Waals surface area contributed by atoms with E-state index in [1.807, 2.05) is 16.9 Å². The van der Waals surface area contributed by atoms with Crippen LogP contribution in [0.2, 0.25) is 0 Å². The Morgan fingerprint density at radius 1 is 1.46 bits per heavy atom. The molecule has 13 heavy (non-hydrogen) atoms. The molecule has 2 nitrogen and oxygen atoms in total. The Kier molecular flexibility index (Phi) is 2.80. The molecule has 0 unspecified atom stereocenters. The van der Waals surface area contributed by atoms with Crippen LogP contribution >= 0.6 is 27.3 Å². The second kappa shape index (κ2) is 4.07. The Morgan fingerprint density at radius 3 is 3.00 bits per heavy atom. The molecular formula is C9H9BrN2S. The average molecular weight is 257 g/mol. The molecule has 0 saturated carbocycles. The van der Waals surface area contributed by atoms with Crippen LogP contribution in [-0.4, -0.2) is 9.78 Å². The Hall–Kier alpha value is -0.610. The van der Waals surface area contributed by atoms with Crippen LogP contribution in [0.25, 0.3) is 0 Å². The molecule has 0 aliphatic rings. The van der Waals surface area contributed by atoms with Crippen molar-refractivity contribution in [2.45, 2.75) is 13.0 Å². The topological polar surface area (TPSA) is 17.8 Å². The Balaban J connectivity index is 1.93. The summed E-state index contributed by atoms with van der Waals surface area (Å²) in [6, 6.07) is 4.11. The molecule has 0 radical (unpaired) electrons. The van der Waals surface area contributed by atoms with Gasteiger partial charge in [0.2, 0.25) is 0 Å². The van der Waals surface area contributed by atoms with Gasteiger partial charge in [0.1, 0.15) is 4.60 Å². The molecule has 2 rings (SSSR count). The lowest BCUT2D eigenvalue weighted by Gasteiger charge is -1.98. The molecule has 0 aliphatic heterocycles. The van der Waals surface area contributed by atoms with Crippen molar-refractivity contribution in [2.24, 2.45) is 0 Å². The third-order valence-electron chi connectivity index (χ3n) is 1.82. The van der Waals surface area contributed by atoms with Crippen LogP contribution in [0, 0.1) is 0 Å². The molecule has 2 heterocycles. The average Bonchev–Trinajstić information content (AvgIpc) is 2.71. The van der Waals surface area contributed by atoms with Crippen LogP contribution in [0.4, 0.5) is 0 Å². The van der Waals surface area contributed by atoms with Crippen molar-refractivity contribution in [3.63, 3.8) is 0 Å². The fourth-order valence-electron chi connectivity index (χ4n) is 1.14. The summed E-state index contributed by atoms with van der Waals surface area (Å²) in [5.74, 6) is 0. The first-order chi connectivity index (χ1) is 6.34. The van der Waals surface area contributed by atoms with Gasteiger partial charge in [0.05, 0.1) is 0 Å². The fraction of sp³-hybridized carbons (Fsp3) is 0.222. The van der Waals surface area contributed by atoms with Crippen molar-refractivity contribution in [3.8, 4) is 0 Å². The largest absolute Gasteiger partial charge is 0.271 e. The van der Waals surface area contributed by atoms with Gasteiger partial charge in [0.15, 0.2) is 0 Å². The lowest BCUT2D eigenvalue weighted by Crippen LogP contribution is -2.00. The lowest BCUT2D eigenvalue weighted by molar-refractivity contribution is 0.612. The van der Waals surface area contributed by atoms with Crippen molar-refractivity contribution in [1.29, 1.82) is 0 Å². The highest BCUT2D eigenvalue weighted by molar-refractivity contribution is 9.10. The molecule has 0 fully saturated rings. The number of aryl methyl sites for hydroxylation is 2. The maximum atomic E-state index is 4.25. The van der Waals surface area contributed by atoms with Crippen molar-refractivity contribution in [2.75, 3.05) is 0 Å². The normalized spacial score (nSPS) is 10.5. The lowest BCUT2D eigenvalue weighted by atomic mass is 10.2. The predicted octanol–water partition coefficient (Wildman–Crippen LogP) is 2.95.